The van der Waals surface area contributed by atoms with Gasteiger partial charge in [0.05, 0.1) is 0 Å². The molecule has 28 heavy (non-hydrogen) atoms. The second-order valence-electron chi connectivity index (χ2n) is 5.45. The Kier molecular flexibility index (Phi) is 6.48. The lowest BCUT2D eigenvalue weighted by molar-refractivity contribution is -0.229. The monoisotopic (exact) mass is 432 g/mol. The van der Waals surface area contributed by atoms with Crippen molar-refractivity contribution in [3.8, 4) is 11.8 Å². The van der Waals surface area contributed by atoms with Gasteiger partial charge >= 0.3 is 12.4 Å². The van der Waals surface area contributed by atoms with Gasteiger partial charge < -0.3 is 4.74 Å². The quantitative estimate of drug-likeness (QED) is 0.548. The summed E-state index contributed by atoms with van der Waals surface area (Å²) in [5.41, 5.74) is -1.72. The molecule has 0 bridgehead atoms. The van der Waals surface area contributed by atoms with Gasteiger partial charge in [-0.25, -0.2) is 14.9 Å². The fraction of sp³-hybridized carbons (Fsp3) is 0.615. The molecular weight excluding hydrogens is 420 g/mol. The number of ether oxygens (including phenoxy) is 1. The molecule has 0 saturated heterocycles. The van der Waals surface area contributed by atoms with Gasteiger partial charge in [-0.05, 0) is 6.92 Å². The van der Waals surface area contributed by atoms with Gasteiger partial charge in [0.1, 0.15) is 18.5 Å². The van der Waals surface area contributed by atoms with E-state index in [9.17, 15) is 31.4 Å². The predicted molar refractivity (Wildman–Crippen MR) is 81.7 cm³/mol. The smallest absolute Gasteiger partial charge is 0.373 e. The van der Waals surface area contributed by atoms with Crippen molar-refractivity contribution in [3.05, 3.63) is 12.2 Å². The van der Waals surface area contributed by atoms with E-state index in [1.807, 2.05) is 0 Å². The van der Waals surface area contributed by atoms with Crippen molar-refractivity contribution in [3.63, 3.8) is 0 Å². The number of rotatable bonds is 6. The van der Waals surface area contributed by atoms with Gasteiger partial charge in [0.2, 0.25) is 11.1 Å². The van der Waals surface area contributed by atoms with Crippen LogP contribution < -0.4 is 0 Å². The number of hydrazone groups is 1. The molecule has 1 aromatic rings. The van der Waals surface area contributed by atoms with E-state index in [1.165, 1.54) is 6.92 Å². The van der Waals surface area contributed by atoms with Crippen molar-refractivity contribution < 1.29 is 41.0 Å². The summed E-state index contributed by atoms with van der Waals surface area (Å²) < 4.78 is 81.5. The van der Waals surface area contributed by atoms with Crippen LogP contribution in [-0.4, -0.2) is 62.4 Å². The predicted octanol–water partition coefficient (Wildman–Crippen LogP) is 2.43. The third-order valence-electron chi connectivity index (χ3n) is 3.36. The Morgan fingerprint density at radius 2 is 2.04 bits per heavy atom. The maximum atomic E-state index is 13.1. The summed E-state index contributed by atoms with van der Waals surface area (Å²) in [5.74, 6) is 2.25. The first-order valence-electron chi connectivity index (χ1n) is 7.26. The first kappa shape index (κ1) is 22.3. The normalized spacial score (nSPS) is 21.0. The van der Waals surface area contributed by atoms with E-state index in [0.717, 1.165) is 19.4 Å². The van der Waals surface area contributed by atoms with Gasteiger partial charge in [-0.15, -0.1) is 5.10 Å². The van der Waals surface area contributed by atoms with Crippen molar-refractivity contribution >= 4 is 16.8 Å². The Hall–Kier alpha value is -2.02. The highest BCUT2D eigenvalue weighted by atomic mass is 32.2. The fourth-order valence-electron chi connectivity index (χ4n) is 1.85. The maximum Gasteiger partial charge on any atom is 0.457 e. The molecule has 0 spiro atoms. The number of hydrogen-bond acceptors (Lipinski definition) is 7. The molecule has 0 aromatic carbocycles. The number of aromatic nitrogens is 3. The molecule has 0 amide bonds. The van der Waals surface area contributed by atoms with Crippen LogP contribution >= 0.6 is 11.8 Å². The van der Waals surface area contributed by atoms with Gasteiger partial charge in [-0.3, -0.25) is 5.10 Å². The topological polar surface area (TPSA) is 95.5 Å². The van der Waals surface area contributed by atoms with E-state index in [4.69, 9.17) is 9.57 Å². The number of H-pyrrole nitrogens is 1. The van der Waals surface area contributed by atoms with Crippen molar-refractivity contribution in [2.24, 2.45) is 5.10 Å². The number of nitrogens with zero attached hydrogens (tertiary/aromatic N) is 4. The van der Waals surface area contributed by atoms with Crippen LogP contribution in [0.5, 0.6) is 0 Å². The molecule has 3 atom stereocenters. The zero-order valence-corrected chi connectivity index (χ0v) is 14.9. The summed E-state index contributed by atoms with van der Waals surface area (Å²) in [4.78, 5) is 8.72. The number of hydroxylamine groups is 1. The molecule has 1 aromatic heterocycles. The van der Waals surface area contributed by atoms with E-state index in [1.54, 1.807) is 5.92 Å². The van der Waals surface area contributed by atoms with Crippen molar-refractivity contribution in [1.29, 1.82) is 0 Å². The molecular formula is C13H12F6N5O3S. The summed E-state index contributed by atoms with van der Waals surface area (Å²) in [6, 6.07) is 0. The summed E-state index contributed by atoms with van der Waals surface area (Å²) in [5, 5.41) is 18.0. The number of thioether (sulfide) groups is 1. The Morgan fingerprint density at radius 1 is 1.36 bits per heavy atom. The van der Waals surface area contributed by atoms with Crippen LogP contribution in [0.2, 0.25) is 0 Å². The van der Waals surface area contributed by atoms with Gasteiger partial charge in [0, 0.05) is 13.0 Å². The van der Waals surface area contributed by atoms with E-state index in [2.05, 4.69) is 20.3 Å². The first-order chi connectivity index (χ1) is 12.9. The molecule has 1 radical (unpaired) electrons. The van der Waals surface area contributed by atoms with Crippen LogP contribution in [0, 0.1) is 11.8 Å². The van der Waals surface area contributed by atoms with Gasteiger partial charge in [-0.2, -0.15) is 36.6 Å². The van der Waals surface area contributed by atoms with Crippen LogP contribution in [0.15, 0.2) is 11.4 Å². The molecule has 155 valence electrons. The zero-order chi connectivity index (χ0) is 21.2. The summed E-state index contributed by atoms with van der Waals surface area (Å²) >= 11 is 0.127. The molecule has 2 heterocycles. The molecule has 3 unspecified atom stereocenters. The third-order valence-corrected chi connectivity index (χ3v) is 4.80. The number of methoxy groups -OCH3 is 1. The third kappa shape index (κ3) is 5.28. The summed E-state index contributed by atoms with van der Waals surface area (Å²) in [7, 11) is 1.10. The lowest BCUT2D eigenvalue weighted by Crippen LogP contribution is -2.49. The molecule has 15 heteroatoms. The lowest BCUT2D eigenvalue weighted by atomic mass is 10.1. The van der Waals surface area contributed by atoms with Crippen LogP contribution in [0.25, 0.3) is 0 Å². The second kappa shape index (κ2) is 8.15. The lowest BCUT2D eigenvalue weighted by Gasteiger charge is -2.35. The second-order valence-corrected chi connectivity index (χ2v) is 6.52. The number of halogens is 6. The molecule has 0 saturated carbocycles. The van der Waals surface area contributed by atoms with E-state index < -0.39 is 41.1 Å². The number of hydrogen-bond donors (Lipinski definition) is 1. The van der Waals surface area contributed by atoms with Crippen LogP contribution in [0.1, 0.15) is 18.9 Å². The average molecular weight is 432 g/mol. The molecule has 0 fully saturated rings. The number of aromatic amines is 1. The molecule has 2 rings (SSSR count). The number of alkyl halides is 6. The van der Waals surface area contributed by atoms with Gasteiger partial charge in [0.15, 0.2) is 11.2 Å². The van der Waals surface area contributed by atoms with Crippen molar-refractivity contribution in [1.82, 2.24) is 20.4 Å². The van der Waals surface area contributed by atoms with E-state index >= 15 is 0 Å². The SMILES string of the molecule is COC(C)(C[O])C1SC(C(F)(F)F)=NN1OC(C#CC(F)(F)F)c1nc[nH]n1. The van der Waals surface area contributed by atoms with Crippen molar-refractivity contribution in [2.75, 3.05) is 13.7 Å². The Labute approximate surface area is 158 Å². The summed E-state index contributed by atoms with van der Waals surface area (Å²) in [6.07, 6.45) is -10.6. The minimum atomic E-state index is -4.90. The number of nitrogens with one attached hydrogen (secondary N) is 1. The Balaban J connectivity index is 2.39. The average Bonchev–Trinajstić information content (AvgIpc) is 3.26. The standard InChI is InChI=1S/C13H12F6N5O3S/c1-11(5-25,26-2)10-24(23-9(28-10)13(17,18)19)27-7(3-4-12(14,15)16)8-20-6-21-22-8/h6-7,10H,5H2,1-2H3,(H,20,21,22). The first-order valence-corrected chi connectivity index (χ1v) is 8.14. The van der Waals surface area contributed by atoms with Crippen molar-refractivity contribution in [2.45, 2.75) is 36.4 Å². The molecule has 1 N–H and O–H groups in total. The van der Waals surface area contributed by atoms with E-state index in [-0.39, 0.29) is 17.6 Å². The van der Waals surface area contributed by atoms with Crippen LogP contribution in [0.3, 0.4) is 0 Å². The van der Waals surface area contributed by atoms with E-state index in [0.29, 0.717) is 5.17 Å². The fourth-order valence-corrected chi connectivity index (χ4v) is 2.92. The Morgan fingerprint density at radius 3 is 2.50 bits per heavy atom. The highest BCUT2D eigenvalue weighted by Gasteiger charge is 2.52. The molecule has 0 aliphatic carbocycles. The summed E-state index contributed by atoms with van der Waals surface area (Å²) in [6.45, 7) is 0.229. The molecule has 1 aliphatic rings. The van der Waals surface area contributed by atoms with Gasteiger partial charge in [0.25, 0.3) is 0 Å². The Bertz CT molecular complexity index is 753. The molecule has 1 aliphatic heterocycles. The van der Waals surface area contributed by atoms with Gasteiger partial charge in [-0.1, -0.05) is 17.7 Å². The minimum absolute atomic E-state index is 0.127. The van der Waals surface area contributed by atoms with Crippen LogP contribution in [0.4, 0.5) is 26.3 Å². The zero-order valence-electron chi connectivity index (χ0n) is 14.1. The largest absolute Gasteiger partial charge is 0.457 e. The highest BCUT2D eigenvalue weighted by Crippen LogP contribution is 2.42. The highest BCUT2D eigenvalue weighted by molar-refractivity contribution is 8.14. The maximum absolute atomic E-state index is 13.1. The van der Waals surface area contributed by atoms with Crippen LogP contribution in [-0.2, 0) is 14.7 Å². The minimum Gasteiger partial charge on any atom is -0.373 e. The molecule has 8 nitrogen and oxygen atoms in total.